The van der Waals surface area contributed by atoms with Crippen molar-refractivity contribution < 1.29 is 24.8 Å². The molecule has 0 aliphatic carbocycles. The van der Waals surface area contributed by atoms with Crippen molar-refractivity contribution in [3.63, 3.8) is 0 Å². The summed E-state index contributed by atoms with van der Waals surface area (Å²) in [6, 6.07) is 7.34. The molecule has 1 aliphatic heterocycles. The van der Waals surface area contributed by atoms with E-state index in [4.69, 9.17) is 15.2 Å². The molecule has 0 saturated carbocycles. The number of ether oxygens (including phenoxy) is 2. The maximum absolute atomic E-state index is 12.2. The summed E-state index contributed by atoms with van der Waals surface area (Å²) >= 11 is 0. The van der Waals surface area contributed by atoms with Crippen molar-refractivity contribution in [2.75, 3.05) is 19.5 Å². The zero-order valence-electron chi connectivity index (χ0n) is 14.6. The first-order valence-corrected chi connectivity index (χ1v) is 8.28. The molecule has 144 valence electrons. The van der Waals surface area contributed by atoms with Crippen LogP contribution in [0.25, 0.3) is 12.2 Å². The van der Waals surface area contributed by atoms with E-state index in [9.17, 15) is 20.1 Å². The Morgan fingerprint density at radius 1 is 1.33 bits per heavy atom. The normalized spacial score (nSPS) is 25.2. The topological polar surface area (TPSA) is 140 Å². The lowest BCUT2D eigenvalue weighted by Crippen LogP contribution is -2.36. The number of aliphatic hydroxyl groups is 3. The Morgan fingerprint density at radius 3 is 2.78 bits per heavy atom. The molecule has 0 spiro atoms. The highest BCUT2D eigenvalue weighted by Crippen LogP contribution is 2.28. The van der Waals surface area contributed by atoms with Crippen molar-refractivity contribution in [3.05, 3.63) is 52.1 Å². The second kappa shape index (κ2) is 7.89. The summed E-state index contributed by atoms with van der Waals surface area (Å²) in [5.41, 5.74) is 6.37. The van der Waals surface area contributed by atoms with Crippen molar-refractivity contribution in [2.24, 2.45) is 0 Å². The molecule has 27 heavy (non-hydrogen) atoms. The number of hydrogen-bond donors (Lipinski definition) is 4. The van der Waals surface area contributed by atoms with Gasteiger partial charge < -0.3 is 30.5 Å². The smallest absolute Gasteiger partial charge is 0.351 e. The van der Waals surface area contributed by atoms with Crippen LogP contribution in [0.15, 0.2) is 35.3 Å². The lowest BCUT2D eigenvalue weighted by molar-refractivity contribution is -0.0549. The Labute approximate surface area is 154 Å². The van der Waals surface area contributed by atoms with E-state index < -0.39 is 36.8 Å². The van der Waals surface area contributed by atoms with Gasteiger partial charge in [-0.2, -0.15) is 4.98 Å². The van der Waals surface area contributed by atoms with E-state index in [1.807, 2.05) is 24.3 Å². The van der Waals surface area contributed by atoms with Crippen molar-refractivity contribution in [1.82, 2.24) is 9.55 Å². The molecule has 1 aliphatic rings. The minimum Gasteiger partial charge on any atom is -0.497 e. The molecule has 1 saturated heterocycles. The fourth-order valence-corrected chi connectivity index (χ4v) is 2.85. The Hall–Kier alpha value is -2.72. The molecular formula is C18H21N3O6. The number of hydrogen-bond acceptors (Lipinski definition) is 8. The van der Waals surface area contributed by atoms with Gasteiger partial charge in [0, 0.05) is 11.8 Å². The molecule has 2 aromatic rings. The van der Waals surface area contributed by atoms with Gasteiger partial charge in [-0.15, -0.1) is 0 Å². The monoisotopic (exact) mass is 375 g/mol. The molecule has 5 N–H and O–H groups in total. The van der Waals surface area contributed by atoms with Crippen LogP contribution in [-0.2, 0) is 4.74 Å². The molecule has 9 nitrogen and oxygen atoms in total. The van der Waals surface area contributed by atoms with Crippen LogP contribution in [-0.4, -0.2) is 56.9 Å². The van der Waals surface area contributed by atoms with Gasteiger partial charge in [-0.05, 0) is 23.8 Å². The number of anilines is 1. The molecule has 0 radical (unpaired) electrons. The molecule has 1 fully saturated rings. The summed E-state index contributed by atoms with van der Waals surface area (Å²) in [7, 11) is 1.57. The van der Waals surface area contributed by atoms with Crippen LogP contribution >= 0.6 is 0 Å². The maximum atomic E-state index is 12.2. The summed E-state index contributed by atoms with van der Waals surface area (Å²) in [4.78, 5) is 15.9. The standard InChI is InChI=1S/C18H21N3O6/c1-26-12-4-2-3-10(7-12)5-6-11-8-21(18(25)20-16(11)19)17-15(24)14(23)13(9-22)27-17/h2-8,13-15,17,22-24H,9H2,1H3,(H2,19,20,25)/b6-5+/t13-,14-,15-,17?/m1/s1. The van der Waals surface area contributed by atoms with E-state index in [2.05, 4.69) is 4.98 Å². The Kier molecular flexibility index (Phi) is 5.57. The van der Waals surface area contributed by atoms with Crippen LogP contribution in [0, 0.1) is 0 Å². The van der Waals surface area contributed by atoms with Crippen LogP contribution in [0.3, 0.4) is 0 Å². The minimum absolute atomic E-state index is 0.0159. The van der Waals surface area contributed by atoms with Gasteiger partial charge in [-0.25, -0.2) is 4.79 Å². The highest BCUT2D eigenvalue weighted by molar-refractivity contribution is 5.74. The first-order valence-electron chi connectivity index (χ1n) is 8.28. The number of benzene rings is 1. The van der Waals surface area contributed by atoms with Crippen molar-refractivity contribution in [3.8, 4) is 5.75 Å². The van der Waals surface area contributed by atoms with Gasteiger partial charge in [0.2, 0.25) is 0 Å². The predicted molar refractivity (Wildman–Crippen MR) is 97.8 cm³/mol. The van der Waals surface area contributed by atoms with E-state index in [-0.39, 0.29) is 5.82 Å². The van der Waals surface area contributed by atoms with Gasteiger partial charge in [0.15, 0.2) is 6.23 Å². The first kappa shape index (κ1) is 19.1. The number of nitrogens with zero attached hydrogens (tertiary/aromatic N) is 2. The van der Waals surface area contributed by atoms with Crippen LogP contribution in [0.4, 0.5) is 5.82 Å². The van der Waals surface area contributed by atoms with Crippen molar-refractivity contribution >= 4 is 18.0 Å². The van der Waals surface area contributed by atoms with Crippen LogP contribution in [0.2, 0.25) is 0 Å². The molecule has 9 heteroatoms. The number of aromatic nitrogens is 2. The highest BCUT2D eigenvalue weighted by atomic mass is 16.6. The number of aliphatic hydroxyl groups excluding tert-OH is 3. The maximum Gasteiger partial charge on any atom is 0.351 e. The van der Waals surface area contributed by atoms with E-state index in [1.165, 1.54) is 6.20 Å². The van der Waals surface area contributed by atoms with Crippen LogP contribution in [0.1, 0.15) is 17.4 Å². The molecule has 1 aromatic carbocycles. The summed E-state index contributed by atoms with van der Waals surface area (Å²) in [6.07, 6.45) is -0.0643. The lowest BCUT2D eigenvalue weighted by Gasteiger charge is -2.18. The largest absolute Gasteiger partial charge is 0.497 e. The Balaban J connectivity index is 1.93. The molecular weight excluding hydrogens is 354 g/mol. The fraction of sp³-hybridized carbons (Fsp3) is 0.333. The molecule has 1 aromatic heterocycles. The molecule has 3 rings (SSSR count). The molecule has 4 atom stereocenters. The zero-order valence-corrected chi connectivity index (χ0v) is 14.6. The number of nitrogens with two attached hydrogens (primary N) is 1. The van der Waals surface area contributed by atoms with Gasteiger partial charge in [0.05, 0.1) is 13.7 Å². The van der Waals surface area contributed by atoms with Gasteiger partial charge in [0.25, 0.3) is 0 Å². The van der Waals surface area contributed by atoms with E-state index in [1.54, 1.807) is 19.3 Å². The third-order valence-corrected chi connectivity index (χ3v) is 4.35. The second-order valence-electron chi connectivity index (χ2n) is 6.11. The number of rotatable bonds is 5. The fourth-order valence-electron chi connectivity index (χ4n) is 2.85. The van der Waals surface area contributed by atoms with E-state index in [0.717, 1.165) is 10.1 Å². The molecule has 2 heterocycles. The van der Waals surface area contributed by atoms with Crippen LogP contribution < -0.4 is 16.2 Å². The molecule has 1 unspecified atom stereocenters. The first-order chi connectivity index (χ1) is 12.9. The third kappa shape index (κ3) is 3.86. The summed E-state index contributed by atoms with van der Waals surface area (Å²) < 4.78 is 11.6. The van der Waals surface area contributed by atoms with E-state index >= 15 is 0 Å². The summed E-state index contributed by atoms with van der Waals surface area (Å²) in [6.45, 7) is -0.492. The Bertz CT molecular complexity index is 897. The van der Waals surface area contributed by atoms with Gasteiger partial charge >= 0.3 is 5.69 Å². The van der Waals surface area contributed by atoms with E-state index in [0.29, 0.717) is 11.3 Å². The average molecular weight is 375 g/mol. The predicted octanol–water partition coefficient (Wildman–Crippen LogP) is -0.384. The zero-order chi connectivity index (χ0) is 19.6. The lowest BCUT2D eigenvalue weighted by atomic mass is 10.1. The van der Waals surface area contributed by atoms with Crippen molar-refractivity contribution in [1.29, 1.82) is 0 Å². The summed E-state index contributed by atoms with van der Waals surface area (Å²) in [5.74, 6) is 0.710. The quantitative estimate of drug-likeness (QED) is 0.554. The highest BCUT2D eigenvalue weighted by Gasteiger charge is 2.43. The van der Waals surface area contributed by atoms with Gasteiger partial charge in [-0.1, -0.05) is 18.2 Å². The third-order valence-electron chi connectivity index (χ3n) is 4.35. The molecule has 0 bridgehead atoms. The van der Waals surface area contributed by atoms with Crippen molar-refractivity contribution in [2.45, 2.75) is 24.5 Å². The minimum atomic E-state index is -1.39. The number of nitrogen functional groups attached to an aromatic ring is 1. The van der Waals surface area contributed by atoms with Gasteiger partial charge in [-0.3, -0.25) is 4.57 Å². The number of methoxy groups -OCH3 is 1. The average Bonchev–Trinajstić information content (AvgIpc) is 2.95. The molecule has 0 amide bonds. The second-order valence-corrected chi connectivity index (χ2v) is 6.11. The Morgan fingerprint density at radius 2 is 2.11 bits per heavy atom. The van der Waals surface area contributed by atoms with Gasteiger partial charge in [0.1, 0.15) is 29.9 Å². The SMILES string of the molecule is COc1cccc(/C=C/c2cn(C3O[C@H](CO)[C@@H](O)[C@H]3O)c(=O)nc2N)c1. The summed E-state index contributed by atoms with van der Waals surface area (Å²) in [5, 5.41) is 29.2. The van der Waals surface area contributed by atoms with Crippen LogP contribution in [0.5, 0.6) is 5.75 Å².